The summed E-state index contributed by atoms with van der Waals surface area (Å²) in [5, 5.41) is 10.3. The van der Waals surface area contributed by atoms with Gasteiger partial charge >= 0.3 is 0 Å². The van der Waals surface area contributed by atoms with Crippen molar-refractivity contribution in [2.24, 2.45) is 22.2 Å². The van der Waals surface area contributed by atoms with E-state index in [1.54, 1.807) is 17.0 Å². The van der Waals surface area contributed by atoms with Gasteiger partial charge in [-0.1, -0.05) is 18.2 Å². The monoisotopic (exact) mass is 393 g/mol. The first-order chi connectivity index (χ1) is 13.9. The molecule has 3 rings (SSSR count). The van der Waals surface area contributed by atoms with Crippen LogP contribution in [0.1, 0.15) is 28.2 Å². The van der Waals surface area contributed by atoms with E-state index < -0.39 is 0 Å². The minimum absolute atomic E-state index is 0.0333. The van der Waals surface area contributed by atoms with Crippen molar-refractivity contribution in [3.63, 3.8) is 0 Å². The number of benzene rings is 1. The summed E-state index contributed by atoms with van der Waals surface area (Å²) in [6.07, 6.45) is 5.65. The number of hydrogen-bond donors (Lipinski definition) is 5. The Morgan fingerprint density at radius 3 is 2.41 bits per heavy atom. The molecule has 2 heterocycles. The molecule has 0 saturated carbocycles. The summed E-state index contributed by atoms with van der Waals surface area (Å²) in [6, 6.07) is 7.22. The fraction of sp³-hybridized carbons (Fsp3) is 0.211. The number of nitrogens with one attached hydrogen (secondary N) is 2. The number of nitrogens with zero attached hydrogens (tertiary/aromatic N) is 4. The molecule has 1 aromatic heterocycles. The van der Waals surface area contributed by atoms with Gasteiger partial charge in [0, 0.05) is 31.2 Å². The van der Waals surface area contributed by atoms with Gasteiger partial charge in [-0.2, -0.15) is 0 Å². The summed E-state index contributed by atoms with van der Waals surface area (Å²) in [6.45, 7) is 1.58. The lowest BCUT2D eigenvalue weighted by atomic mass is 10.1. The standard InChI is InChI=1S/C19H23N9O/c20-18(21)26-9-12-1-3-15(4-2-12)27-17(29)14-10-24-16(25-11-14)13-5-7-28(8-6-13)19(22)23/h1-5,10-11H,6-9H2,(H3,22,23)(H,27,29)(H4,20,21,26). The highest BCUT2D eigenvalue weighted by Crippen LogP contribution is 2.19. The van der Waals surface area contributed by atoms with Crippen molar-refractivity contribution in [3.05, 3.63) is 59.7 Å². The van der Waals surface area contributed by atoms with Crippen LogP contribution in [0.25, 0.3) is 5.57 Å². The number of carbonyl (C=O) groups excluding carboxylic acids is 1. The predicted molar refractivity (Wildman–Crippen MR) is 112 cm³/mol. The molecule has 0 aliphatic carbocycles. The van der Waals surface area contributed by atoms with Gasteiger partial charge in [-0.05, 0) is 29.7 Å². The van der Waals surface area contributed by atoms with Crippen molar-refractivity contribution in [3.8, 4) is 0 Å². The van der Waals surface area contributed by atoms with Crippen LogP contribution in [0.2, 0.25) is 0 Å². The molecule has 1 amide bonds. The zero-order chi connectivity index (χ0) is 20.8. The fourth-order valence-electron chi connectivity index (χ4n) is 2.78. The Labute approximate surface area is 168 Å². The zero-order valence-electron chi connectivity index (χ0n) is 15.8. The Morgan fingerprint density at radius 1 is 1.17 bits per heavy atom. The first-order valence-electron chi connectivity index (χ1n) is 8.98. The molecule has 0 radical (unpaired) electrons. The average molecular weight is 393 g/mol. The van der Waals surface area contributed by atoms with E-state index in [1.807, 2.05) is 18.2 Å². The number of aliphatic imine (C=N–C) groups is 1. The maximum Gasteiger partial charge on any atom is 0.258 e. The van der Waals surface area contributed by atoms with Crippen molar-refractivity contribution in [1.29, 1.82) is 5.41 Å². The fourth-order valence-corrected chi connectivity index (χ4v) is 2.78. The zero-order valence-corrected chi connectivity index (χ0v) is 15.8. The third-order valence-corrected chi connectivity index (χ3v) is 4.41. The molecule has 10 heteroatoms. The minimum atomic E-state index is -0.297. The summed E-state index contributed by atoms with van der Waals surface area (Å²) >= 11 is 0. The van der Waals surface area contributed by atoms with E-state index in [-0.39, 0.29) is 17.8 Å². The van der Waals surface area contributed by atoms with Gasteiger partial charge in [0.1, 0.15) is 0 Å². The first kappa shape index (κ1) is 19.8. The molecule has 10 nitrogen and oxygen atoms in total. The van der Waals surface area contributed by atoms with Crippen LogP contribution in [0.4, 0.5) is 5.69 Å². The number of anilines is 1. The van der Waals surface area contributed by atoms with Crippen LogP contribution >= 0.6 is 0 Å². The second-order valence-corrected chi connectivity index (χ2v) is 6.50. The highest BCUT2D eigenvalue weighted by atomic mass is 16.1. The maximum absolute atomic E-state index is 12.4. The Hall–Kier alpha value is -3.95. The van der Waals surface area contributed by atoms with Gasteiger partial charge in [-0.3, -0.25) is 10.2 Å². The van der Waals surface area contributed by atoms with Crippen molar-refractivity contribution in [2.75, 3.05) is 18.4 Å². The van der Waals surface area contributed by atoms with Gasteiger partial charge in [0.2, 0.25) is 0 Å². The lowest BCUT2D eigenvalue weighted by Crippen LogP contribution is -2.39. The van der Waals surface area contributed by atoms with Crippen LogP contribution in [-0.4, -0.2) is 45.8 Å². The van der Waals surface area contributed by atoms with Crippen molar-refractivity contribution < 1.29 is 4.79 Å². The molecule has 29 heavy (non-hydrogen) atoms. The highest BCUT2D eigenvalue weighted by Gasteiger charge is 2.16. The Balaban J connectivity index is 1.61. The number of nitrogens with two attached hydrogens (primary N) is 3. The van der Waals surface area contributed by atoms with Crippen LogP contribution in [0.5, 0.6) is 0 Å². The predicted octanol–water partition coefficient (Wildman–Crippen LogP) is 0.485. The molecule has 8 N–H and O–H groups in total. The topological polar surface area (TPSA) is 172 Å². The quantitative estimate of drug-likeness (QED) is 0.363. The third kappa shape index (κ3) is 5.28. The smallest absolute Gasteiger partial charge is 0.258 e. The van der Waals surface area contributed by atoms with E-state index in [2.05, 4.69) is 20.3 Å². The number of amides is 1. The number of hydrogen-bond acceptors (Lipinski definition) is 5. The Kier molecular flexibility index (Phi) is 6.03. The molecule has 1 aliphatic heterocycles. The second-order valence-electron chi connectivity index (χ2n) is 6.50. The van der Waals surface area contributed by atoms with Gasteiger partial charge in [0.15, 0.2) is 17.7 Å². The number of carbonyl (C=O) groups is 1. The molecule has 0 saturated heterocycles. The summed E-state index contributed by atoms with van der Waals surface area (Å²) in [4.78, 5) is 26.7. The molecule has 0 atom stereocenters. The van der Waals surface area contributed by atoms with Crippen molar-refractivity contribution in [1.82, 2.24) is 14.9 Å². The van der Waals surface area contributed by atoms with Gasteiger partial charge in [0.05, 0.1) is 12.1 Å². The molecule has 0 spiro atoms. The van der Waals surface area contributed by atoms with Crippen LogP contribution in [0.3, 0.4) is 0 Å². The van der Waals surface area contributed by atoms with E-state index in [0.29, 0.717) is 43.1 Å². The van der Waals surface area contributed by atoms with E-state index in [4.69, 9.17) is 22.6 Å². The normalized spacial score (nSPS) is 13.4. The van der Waals surface area contributed by atoms with Crippen molar-refractivity contribution in [2.45, 2.75) is 13.0 Å². The molecule has 1 aromatic carbocycles. The molecular weight excluding hydrogens is 370 g/mol. The van der Waals surface area contributed by atoms with Crippen LogP contribution in [0.15, 0.2) is 47.7 Å². The molecule has 0 unspecified atom stereocenters. The summed E-state index contributed by atoms with van der Waals surface area (Å²) in [5.74, 6) is 0.367. The van der Waals surface area contributed by atoms with Gasteiger partial charge in [-0.15, -0.1) is 0 Å². The molecule has 1 aliphatic rings. The minimum Gasteiger partial charge on any atom is -0.370 e. The van der Waals surface area contributed by atoms with Gasteiger partial charge in [-0.25, -0.2) is 15.0 Å². The summed E-state index contributed by atoms with van der Waals surface area (Å²) in [5.41, 5.74) is 19.0. The average Bonchev–Trinajstić information content (AvgIpc) is 2.73. The second kappa shape index (κ2) is 8.83. The van der Waals surface area contributed by atoms with Crippen LogP contribution in [0, 0.1) is 5.41 Å². The van der Waals surface area contributed by atoms with E-state index in [9.17, 15) is 4.79 Å². The number of aromatic nitrogens is 2. The third-order valence-electron chi connectivity index (χ3n) is 4.41. The van der Waals surface area contributed by atoms with E-state index in [1.165, 1.54) is 12.4 Å². The molecule has 150 valence electrons. The SMILES string of the molecule is N=C(N)N1CC=C(c2ncc(C(=O)Nc3ccc(CN=C(N)N)cc3)cn2)CC1. The van der Waals surface area contributed by atoms with Crippen LogP contribution in [-0.2, 0) is 6.54 Å². The van der Waals surface area contributed by atoms with E-state index >= 15 is 0 Å². The molecule has 0 fully saturated rings. The highest BCUT2D eigenvalue weighted by molar-refractivity contribution is 6.03. The lowest BCUT2D eigenvalue weighted by Gasteiger charge is -2.25. The van der Waals surface area contributed by atoms with E-state index in [0.717, 1.165) is 11.1 Å². The number of guanidine groups is 2. The Morgan fingerprint density at radius 2 is 1.86 bits per heavy atom. The lowest BCUT2D eigenvalue weighted by molar-refractivity contribution is 0.102. The Bertz CT molecular complexity index is 945. The maximum atomic E-state index is 12.4. The molecule has 0 bridgehead atoms. The summed E-state index contributed by atoms with van der Waals surface area (Å²) < 4.78 is 0. The van der Waals surface area contributed by atoms with Crippen LogP contribution < -0.4 is 22.5 Å². The summed E-state index contributed by atoms with van der Waals surface area (Å²) in [7, 11) is 0. The van der Waals surface area contributed by atoms with Gasteiger partial charge < -0.3 is 27.4 Å². The van der Waals surface area contributed by atoms with Gasteiger partial charge in [0.25, 0.3) is 5.91 Å². The largest absolute Gasteiger partial charge is 0.370 e. The number of rotatable bonds is 5. The molecule has 2 aromatic rings. The first-order valence-corrected chi connectivity index (χ1v) is 8.98. The van der Waals surface area contributed by atoms with Crippen molar-refractivity contribution >= 4 is 29.1 Å². The molecular formula is C19H23N9O.